The summed E-state index contributed by atoms with van der Waals surface area (Å²) in [6.45, 7) is 0. The first-order valence-corrected chi connectivity index (χ1v) is 9.24. The summed E-state index contributed by atoms with van der Waals surface area (Å²) >= 11 is 3.37. The summed E-state index contributed by atoms with van der Waals surface area (Å²) in [6, 6.07) is 13.5. The second-order valence-corrected chi connectivity index (χ2v) is 7.96. The molecule has 4 atom stereocenters. The topological polar surface area (TPSA) is 114 Å². The Kier molecular flexibility index (Phi) is 3.63. The SMILES string of the molecule is N#CC1(C#N)[C@H](c2ccc(Br)cc2)O[C@@]23CCCC[C@H]2[C@]1(C#N)C(=N)O3. The molecular formula is C19H15BrN4O2. The molecule has 0 unspecified atom stereocenters. The molecule has 1 aromatic rings. The zero-order chi connectivity index (χ0) is 18.6. The maximum absolute atomic E-state index is 10.1. The standard InChI is InChI=1S/C19H15BrN4O2/c20-13-6-4-12(5-7-13)15-17(9-21,10-22)18(11-23)14-3-1-2-8-19(14,25-15)26-16(18)24/h4-7,14-15,24H,1-3,8H2/t14-,15-,18+,19+/m0/s1. The first-order chi connectivity index (χ1) is 12.5. The van der Waals surface area contributed by atoms with Crippen LogP contribution in [0.2, 0.25) is 0 Å². The molecule has 3 fully saturated rings. The van der Waals surface area contributed by atoms with Crippen molar-refractivity contribution in [2.75, 3.05) is 0 Å². The van der Waals surface area contributed by atoms with Crippen LogP contribution in [0.4, 0.5) is 0 Å². The highest BCUT2D eigenvalue weighted by Gasteiger charge is 2.80. The number of nitrogens with zero attached hydrogens (tertiary/aromatic N) is 3. The van der Waals surface area contributed by atoms with Gasteiger partial charge >= 0.3 is 0 Å². The monoisotopic (exact) mass is 410 g/mol. The molecule has 2 bridgehead atoms. The third-order valence-corrected chi connectivity index (χ3v) is 6.52. The number of nitriles is 3. The lowest BCUT2D eigenvalue weighted by Crippen LogP contribution is -2.60. The van der Waals surface area contributed by atoms with E-state index in [1.165, 1.54) is 0 Å². The van der Waals surface area contributed by atoms with Crippen LogP contribution in [0.1, 0.15) is 37.4 Å². The molecule has 2 heterocycles. The van der Waals surface area contributed by atoms with Crippen LogP contribution in [0.25, 0.3) is 0 Å². The average Bonchev–Trinajstić information content (AvgIpc) is 2.87. The smallest absolute Gasteiger partial charge is 0.217 e. The highest BCUT2D eigenvalue weighted by atomic mass is 79.9. The average molecular weight is 411 g/mol. The molecule has 1 N–H and O–H groups in total. The Hall–Kier alpha value is -2.40. The highest BCUT2D eigenvalue weighted by Crippen LogP contribution is 2.69. The fraction of sp³-hybridized carbons (Fsp3) is 0.474. The zero-order valence-corrected chi connectivity index (χ0v) is 15.4. The minimum Gasteiger partial charge on any atom is -0.447 e. The molecule has 1 saturated carbocycles. The number of nitrogens with one attached hydrogen (secondary N) is 1. The van der Waals surface area contributed by atoms with Gasteiger partial charge in [0.25, 0.3) is 0 Å². The van der Waals surface area contributed by atoms with E-state index in [-0.39, 0.29) is 5.90 Å². The third-order valence-electron chi connectivity index (χ3n) is 5.99. The lowest BCUT2D eigenvalue weighted by atomic mass is 9.51. The molecule has 3 aliphatic rings. The van der Waals surface area contributed by atoms with Crippen molar-refractivity contribution in [2.24, 2.45) is 16.7 Å². The van der Waals surface area contributed by atoms with Gasteiger partial charge in [-0.05, 0) is 30.5 Å². The Balaban J connectivity index is 1.99. The lowest BCUT2D eigenvalue weighted by Gasteiger charge is -2.51. The minimum absolute atomic E-state index is 0.311. The molecule has 1 aromatic carbocycles. The number of rotatable bonds is 1. The molecule has 0 radical (unpaired) electrons. The molecule has 0 spiro atoms. The van der Waals surface area contributed by atoms with Gasteiger partial charge < -0.3 is 9.47 Å². The summed E-state index contributed by atoms with van der Waals surface area (Å²) in [4.78, 5) is 0. The van der Waals surface area contributed by atoms with Crippen LogP contribution in [0.5, 0.6) is 0 Å². The van der Waals surface area contributed by atoms with Crippen LogP contribution >= 0.6 is 15.9 Å². The summed E-state index contributed by atoms with van der Waals surface area (Å²) in [5, 5.41) is 38.7. The highest BCUT2D eigenvalue weighted by molar-refractivity contribution is 9.10. The van der Waals surface area contributed by atoms with Crippen molar-refractivity contribution >= 4 is 21.8 Å². The van der Waals surface area contributed by atoms with Crippen LogP contribution < -0.4 is 0 Å². The van der Waals surface area contributed by atoms with Crippen LogP contribution in [0, 0.1) is 56.2 Å². The fourth-order valence-electron chi connectivity index (χ4n) is 4.80. The van der Waals surface area contributed by atoms with Crippen molar-refractivity contribution in [1.82, 2.24) is 0 Å². The summed E-state index contributed by atoms with van der Waals surface area (Å²) in [7, 11) is 0. The van der Waals surface area contributed by atoms with E-state index in [9.17, 15) is 15.8 Å². The van der Waals surface area contributed by atoms with Gasteiger partial charge in [0, 0.05) is 10.9 Å². The Bertz CT molecular complexity index is 895. The van der Waals surface area contributed by atoms with Gasteiger partial charge in [0.15, 0.2) is 5.41 Å². The first-order valence-electron chi connectivity index (χ1n) is 8.45. The zero-order valence-electron chi connectivity index (χ0n) is 13.8. The van der Waals surface area contributed by atoms with Gasteiger partial charge in [0.2, 0.25) is 17.1 Å². The van der Waals surface area contributed by atoms with E-state index in [1.807, 2.05) is 0 Å². The van der Waals surface area contributed by atoms with Crippen LogP contribution in [0.3, 0.4) is 0 Å². The predicted molar refractivity (Wildman–Crippen MR) is 93.2 cm³/mol. The second-order valence-electron chi connectivity index (χ2n) is 7.04. The summed E-state index contributed by atoms with van der Waals surface area (Å²) in [6.07, 6.45) is 1.87. The van der Waals surface area contributed by atoms with E-state index in [0.29, 0.717) is 18.4 Å². The Morgan fingerprint density at radius 3 is 2.38 bits per heavy atom. The van der Waals surface area contributed by atoms with E-state index in [4.69, 9.17) is 14.9 Å². The van der Waals surface area contributed by atoms with Crippen molar-refractivity contribution < 1.29 is 9.47 Å². The van der Waals surface area contributed by atoms with Crippen molar-refractivity contribution in [2.45, 2.75) is 37.6 Å². The third kappa shape index (κ3) is 1.79. The largest absolute Gasteiger partial charge is 0.447 e. The number of hydrogen-bond acceptors (Lipinski definition) is 6. The van der Waals surface area contributed by atoms with E-state index in [2.05, 4.69) is 34.1 Å². The Morgan fingerprint density at radius 1 is 1.08 bits per heavy atom. The van der Waals surface area contributed by atoms with Gasteiger partial charge in [-0.1, -0.05) is 34.5 Å². The van der Waals surface area contributed by atoms with Crippen LogP contribution in [-0.4, -0.2) is 11.7 Å². The van der Waals surface area contributed by atoms with Gasteiger partial charge in [-0.3, -0.25) is 5.41 Å². The minimum atomic E-state index is -1.85. The number of ether oxygens (including phenoxy) is 2. The number of hydrogen-bond donors (Lipinski definition) is 1. The van der Waals surface area contributed by atoms with Crippen molar-refractivity contribution in [3.63, 3.8) is 0 Å². The fourth-order valence-corrected chi connectivity index (χ4v) is 5.06. The first kappa shape index (κ1) is 17.0. The van der Waals surface area contributed by atoms with Crippen molar-refractivity contribution in [1.29, 1.82) is 21.2 Å². The van der Waals surface area contributed by atoms with Gasteiger partial charge in [-0.2, -0.15) is 15.8 Å². The quantitative estimate of drug-likeness (QED) is 0.752. The van der Waals surface area contributed by atoms with Gasteiger partial charge in [0.05, 0.1) is 24.1 Å². The van der Waals surface area contributed by atoms with E-state index < -0.39 is 28.6 Å². The van der Waals surface area contributed by atoms with E-state index in [1.54, 1.807) is 24.3 Å². The number of benzene rings is 1. The molecule has 7 heteroatoms. The molecule has 130 valence electrons. The van der Waals surface area contributed by atoms with Gasteiger partial charge in [-0.15, -0.1) is 0 Å². The normalized spacial score (nSPS) is 36.8. The molecule has 6 nitrogen and oxygen atoms in total. The Labute approximate surface area is 159 Å². The molecule has 26 heavy (non-hydrogen) atoms. The van der Waals surface area contributed by atoms with Gasteiger partial charge in [-0.25, -0.2) is 0 Å². The summed E-state index contributed by atoms with van der Waals surface area (Å²) in [5.41, 5.74) is -2.86. The molecule has 0 aromatic heterocycles. The van der Waals surface area contributed by atoms with Crippen LogP contribution in [-0.2, 0) is 9.47 Å². The number of halogens is 1. The van der Waals surface area contributed by atoms with Crippen LogP contribution in [0.15, 0.2) is 28.7 Å². The van der Waals surface area contributed by atoms with E-state index in [0.717, 1.165) is 17.3 Å². The van der Waals surface area contributed by atoms with E-state index >= 15 is 0 Å². The van der Waals surface area contributed by atoms with Gasteiger partial charge in [0.1, 0.15) is 6.10 Å². The lowest BCUT2D eigenvalue weighted by molar-refractivity contribution is -0.294. The molecule has 2 aliphatic heterocycles. The maximum atomic E-state index is 10.1. The molecule has 4 rings (SSSR count). The van der Waals surface area contributed by atoms with Crippen molar-refractivity contribution in [3.05, 3.63) is 34.3 Å². The van der Waals surface area contributed by atoms with Crippen molar-refractivity contribution in [3.8, 4) is 18.2 Å². The molecular weight excluding hydrogens is 396 g/mol. The molecule has 0 amide bonds. The maximum Gasteiger partial charge on any atom is 0.217 e. The molecule has 1 aliphatic carbocycles. The predicted octanol–water partition coefficient (Wildman–Crippen LogP) is 3.96. The summed E-state index contributed by atoms with van der Waals surface area (Å²) < 4.78 is 13.0. The Morgan fingerprint density at radius 2 is 1.77 bits per heavy atom. The molecule has 2 saturated heterocycles. The summed E-state index contributed by atoms with van der Waals surface area (Å²) in [5.74, 6) is -1.91. The second kappa shape index (κ2) is 5.55.